The van der Waals surface area contributed by atoms with Crippen LogP contribution >= 0.6 is 12.2 Å². The fraction of sp³-hybridized carbons (Fsp3) is 0.381. The molecular weight excluding hydrogens is 374 g/mol. The quantitative estimate of drug-likeness (QED) is 0.343. The van der Waals surface area contributed by atoms with E-state index in [9.17, 15) is 10.1 Å². The molecule has 6 nitrogen and oxygen atoms in total. The number of ether oxygens (including phenoxy) is 1. The molecule has 0 aliphatic carbocycles. The van der Waals surface area contributed by atoms with Crippen molar-refractivity contribution in [1.82, 2.24) is 5.32 Å². The molecule has 0 saturated carbocycles. The van der Waals surface area contributed by atoms with Crippen molar-refractivity contribution in [2.45, 2.75) is 45.6 Å². The van der Waals surface area contributed by atoms with Crippen LogP contribution in [0.25, 0.3) is 0 Å². The first kappa shape index (κ1) is 21.6. The highest BCUT2D eigenvalue weighted by molar-refractivity contribution is 7.80. The Bertz CT molecular complexity index is 824. The van der Waals surface area contributed by atoms with Crippen molar-refractivity contribution in [3.63, 3.8) is 0 Å². The molecule has 0 amide bonds. The summed E-state index contributed by atoms with van der Waals surface area (Å²) in [4.78, 5) is 10.5. The van der Waals surface area contributed by atoms with Gasteiger partial charge in [-0.3, -0.25) is 10.1 Å². The number of nitrogens with one attached hydrogen (secondary N) is 2. The number of nitro groups is 1. The minimum atomic E-state index is -0.459. The molecule has 150 valence electrons. The number of hydrogen-bond donors (Lipinski definition) is 2. The molecule has 2 atom stereocenters. The lowest BCUT2D eigenvalue weighted by atomic mass is 9.95. The predicted octanol–water partition coefficient (Wildman–Crippen LogP) is 5.55. The van der Waals surface area contributed by atoms with Gasteiger partial charge in [0.15, 0.2) is 5.11 Å². The molecule has 28 heavy (non-hydrogen) atoms. The lowest BCUT2D eigenvalue weighted by molar-refractivity contribution is -0.384. The highest BCUT2D eigenvalue weighted by atomic mass is 32.1. The van der Waals surface area contributed by atoms with Crippen LogP contribution in [-0.4, -0.2) is 17.1 Å². The molecule has 0 radical (unpaired) electrons. The molecule has 2 unspecified atom stereocenters. The van der Waals surface area contributed by atoms with Gasteiger partial charge in [0, 0.05) is 6.07 Å². The summed E-state index contributed by atoms with van der Waals surface area (Å²) < 4.78 is 5.24. The van der Waals surface area contributed by atoms with Gasteiger partial charge in [0.1, 0.15) is 5.75 Å². The van der Waals surface area contributed by atoms with E-state index in [1.807, 2.05) is 0 Å². The lowest BCUT2D eigenvalue weighted by Crippen LogP contribution is -2.32. The van der Waals surface area contributed by atoms with E-state index in [0.717, 1.165) is 18.4 Å². The Kier molecular flexibility index (Phi) is 7.75. The van der Waals surface area contributed by atoms with Crippen LogP contribution in [0.15, 0.2) is 42.5 Å². The molecule has 0 fully saturated rings. The first-order valence-electron chi connectivity index (χ1n) is 9.39. The van der Waals surface area contributed by atoms with Crippen molar-refractivity contribution >= 4 is 28.7 Å². The Labute approximate surface area is 171 Å². The maximum absolute atomic E-state index is 10.9. The summed E-state index contributed by atoms with van der Waals surface area (Å²) in [6.45, 7) is 6.50. The van der Waals surface area contributed by atoms with Gasteiger partial charge in [0.2, 0.25) is 0 Å². The first-order chi connectivity index (χ1) is 13.4. The van der Waals surface area contributed by atoms with Crippen LogP contribution in [0.2, 0.25) is 0 Å². The second-order valence-electron chi connectivity index (χ2n) is 6.68. The Hall–Kier alpha value is -2.67. The molecular formula is C21H27N3O3S. The van der Waals surface area contributed by atoms with Crippen LogP contribution in [0, 0.1) is 10.1 Å². The molecule has 0 aliphatic heterocycles. The average molecular weight is 402 g/mol. The summed E-state index contributed by atoms with van der Waals surface area (Å²) in [6, 6.07) is 13.1. The van der Waals surface area contributed by atoms with E-state index < -0.39 is 4.92 Å². The van der Waals surface area contributed by atoms with Gasteiger partial charge in [-0.05, 0) is 48.2 Å². The van der Waals surface area contributed by atoms with E-state index in [1.165, 1.54) is 24.8 Å². The molecule has 0 spiro atoms. The zero-order valence-electron chi connectivity index (χ0n) is 16.7. The number of non-ortho nitro benzene ring substituents is 1. The molecule has 0 saturated heterocycles. The molecule has 2 aromatic rings. The van der Waals surface area contributed by atoms with Crippen molar-refractivity contribution in [2.75, 3.05) is 12.4 Å². The topological polar surface area (TPSA) is 76.4 Å². The Morgan fingerprint density at radius 2 is 1.79 bits per heavy atom. The van der Waals surface area contributed by atoms with Gasteiger partial charge in [-0.1, -0.05) is 45.0 Å². The van der Waals surface area contributed by atoms with Crippen LogP contribution in [0.3, 0.4) is 0 Å². The molecule has 0 aromatic heterocycles. The second-order valence-corrected chi connectivity index (χ2v) is 7.09. The van der Waals surface area contributed by atoms with E-state index in [2.05, 4.69) is 55.7 Å². The van der Waals surface area contributed by atoms with Crippen LogP contribution < -0.4 is 15.4 Å². The zero-order valence-corrected chi connectivity index (χ0v) is 17.5. The van der Waals surface area contributed by atoms with E-state index in [0.29, 0.717) is 22.5 Å². The largest absolute Gasteiger partial charge is 0.494 e. The molecule has 2 N–H and O–H groups in total. The third-order valence-electron chi connectivity index (χ3n) is 4.88. The van der Waals surface area contributed by atoms with E-state index in [-0.39, 0.29) is 11.7 Å². The van der Waals surface area contributed by atoms with Crippen molar-refractivity contribution in [3.8, 4) is 5.75 Å². The van der Waals surface area contributed by atoms with Crippen LogP contribution in [-0.2, 0) is 0 Å². The minimum Gasteiger partial charge on any atom is -0.494 e. The zero-order chi connectivity index (χ0) is 20.7. The number of rotatable bonds is 8. The predicted molar refractivity (Wildman–Crippen MR) is 117 cm³/mol. The summed E-state index contributed by atoms with van der Waals surface area (Å²) in [6.07, 6.45) is 1.97. The fourth-order valence-corrected chi connectivity index (χ4v) is 3.18. The molecule has 7 heteroatoms. The van der Waals surface area contributed by atoms with Gasteiger partial charge < -0.3 is 15.4 Å². The van der Waals surface area contributed by atoms with Gasteiger partial charge in [-0.25, -0.2) is 0 Å². The first-order valence-corrected chi connectivity index (χ1v) is 9.80. The van der Waals surface area contributed by atoms with Gasteiger partial charge in [0.05, 0.1) is 29.8 Å². The number of anilines is 1. The number of nitro benzene ring substituents is 1. The number of hydrogen-bond acceptors (Lipinski definition) is 4. The monoisotopic (exact) mass is 401 g/mol. The smallest absolute Gasteiger partial charge is 0.273 e. The maximum atomic E-state index is 10.9. The van der Waals surface area contributed by atoms with E-state index in [1.54, 1.807) is 6.07 Å². The number of thiocarbonyl (C=S) groups is 1. The normalized spacial score (nSPS) is 12.7. The van der Waals surface area contributed by atoms with Crippen molar-refractivity contribution < 1.29 is 9.66 Å². The summed E-state index contributed by atoms with van der Waals surface area (Å²) in [5.41, 5.74) is 3.04. The minimum absolute atomic E-state index is 0.0332. The Morgan fingerprint density at radius 3 is 2.32 bits per heavy atom. The van der Waals surface area contributed by atoms with Crippen molar-refractivity contribution in [1.29, 1.82) is 0 Å². The SMILES string of the molecule is CCC(C)c1ccc(C(CC)NC(=S)Nc2ccc([N+](=O)[O-])cc2OC)cc1. The number of benzene rings is 2. The second kappa shape index (κ2) is 10.0. The molecule has 0 heterocycles. The maximum Gasteiger partial charge on any atom is 0.273 e. The fourth-order valence-electron chi connectivity index (χ4n) is 2.93. The van der Waals surface area contributed by atoms with Gasteiger partial charge >= 0.3 is 0 Å². The van der Waals surface area contributed by atoms with E-state index in [4.69, 9.17) is 17.0 Å². The highest BCUT2D eigenvalue weighted by Gasteiger charge is 2.15. The lowest BCUT2D eigenvalue weighted by Gasteiger charge is -2.21. The van der Waals surface area contributed by atoms with Crippen molar-refractivity contribution in [2.24, 2.45) is 0 Å². The highest BCUT2D eigenvalue weighted by Crippen LogP contribution is 2.29. The summed E-state index contributed by atoms with van der Waals surface area (Å²) in [5.74, 6) is 0.906. The third kappa shape index (κ3) is 5.42. The number of nitrogens with zero attached hydrogens (tertiary/aromatic N) is 1. The molecule has 0 bridgehead atoms. The van der Waals surface area contributed by atoms with Crippen LogP contribution in [0.1, 0.15) is 56.7 Å². The standard InChI is InChI=1S/C21H27N3O3S/c1-5-14(3)15-7-9-16(10-8-15)18(6-2)22-21(28)23-19-12-11-17(24(25)26)13-20(19)27-4/h7-14,18H,5-6H2,1-4H3,(H2,22,23,28). The molecule has 0 aliphatic rings. The van der Waals surface area contributed by atoms with Crippen LogP contribution in [0.4, 0.5) is 11.4 Å². The molecule has 2 rings (SSSR count). The Morgan fingerprint density at radius 1 is 1.14 bits per heavy atom. The number of methoxy groups -OCH3 is 1. The molecule has 2 aromatic carbocycles. The Balaban J connectivity index is 2.09. The van der Waals surface area contributed by atoms with Crippen molar-refractivity contribution in [3.05, 3.63) is 63.7 Å². The van der Waals surface area contributed by atoms with Gasteiger partial charge in [-0.2, -0.15) is 0 Å². The van der Waals surface area contributed by atoms with Crippen LogP contribution in [0.5, 0.6) is 5.75 Å². The van der Waals surface area contributed by atoms with Gasteiger partial charge in [0.25, 0.3) is 5.69 Å². The average Bonchev–Trinajstić information content (AvgIpc) is 2.71. The summed E-state index contributed by atoms with van der Waals surface area (Å²) in [5, 5.41) is 17.7. The third-order valence-corrected chi connectivity index (χ3v) is 5.10. The van der Waals surface area contributed by atoms with E-state index >= 15 is 0 Å². The van der Waals surface area contributed by atoms with Gasteiger partial charge in [-0.15, -0.1) is 0 Å². The summed E-state index contributed by atoms with van der Waals surface area (Å²) >= 11 is 5.44. The summed E-state index contributed by atoms with van der Waals surface area (Å²) in [7, 11) is 1.47.